The van der Waals surface area contributed by atoms with E-state index in [0.29, 0.717) is 12.0 Å². The highest BCUT2D eigenvalue weighted by Crippen LogP contribution is 2.20. The van der Waals surface area contributed by atoms with Gasteiger partial charge in [-0.1, -0.05) is 18.2 Å². The molecule has 0 fully saturated rings. The van der Waals surface area contributed by atoms with E-state index in [1.807, 2.05) is 0 Å². The Bertz CT molecular complexity index is 568. The molecule has 1 aromatic carbocycles. The summed E-state index contributed by atoms with van der Waals surface area (Å²) in [6.45, 7) is 2.86. The molecule has 1 atom stereocenters. The van der Waals surface area contributed by atoms with Gasteiger partial charge in [0.25, 0.3) is 0 Å². The number of hydrogen-bond donors (Lipinski definition) is 1. The Morgan fingerprint density at radius 1 is 1.35 bits per heavy atom. The summed E-state index contributed by atoms with van der Waals surface area (Å²) in [5.74, 6) is -1.09. The third-order valence-corrected chi connectivity index (χ3v) is 3.19. The minimum atomic E-state index is -0.563. The van der Waals surface area contributed by atoms with Gasteiger partial charge in [-0.3, -0.25) is 4.68 Å². The molecule has 0 bridgehead atoms. The largest absolute Gasteiger partial charge is 0.308 e. The van der Waals surface area contributed by atoms with E-state index in [1.54, 1.807) is 17.9 Å². The molecule has 2 aromatic rings. The summed E-state index contributed by atoms with van der Waals surface area (Å²) in [6, 6.07) is 3.56. The molecular formula is C14H18F2N4. The standard InChI is InChI=1S/C14H18F2N4/c1-3-6-17-13(14-9-18-19-20(14)2)7-10-4-5-11(15)8-12(10)16/h4-5,8-9,13,17H,3,6-7H2,1-2H3. The maximum absolute atomic E-state index is 13.8. The molecule has 0 saturated carbocycles. The van der Waals surface area contributed by atoms with Crippen LogP contribution < -0.4 is 5.32 Å². The molecule has 0 spiro atoms. The van der Waals surface area contributed by atoms with E-state index in [1.165, 1.54) is 12.1 Å². The zero-order valence-electron chi connectivity index (χ0n) is 11.6. The highest BCUT2D eigenvalue weighted by Gasteiger charge is 2.17. The van der Waals surface area contributed by atoms with Crippen molar-refractivity contribution in [2.45, 2.75) is 25.8 Å². The first kappa shape index (κ1) is 14.6. The van der Waals surface area contributed by atoms with Crippen molar-refractivity contribution in [3.05, 3.63) is 47.3 Å². The number of aromatic nitrogens is 3. The fourth-order valence-corrected chi connectivity index (χ4v) is 2.12. The molecular weight excluding hydrogens is 262 g/mol. The average molecular weight is 280 g/mol. The van der Waals surface area contributed by atoms with Crippen LogP contribution in [0, 0.1) is 11.6 Å². The smallest absolute Gasteiger partial charge is 0.129 e. The second kappa shape index (κ2) is 6.56. The predicted octanol–water partition coefficient (Wildman–Crippen LogP) is 2.38. The van der Waals surface area contributed by atoms with Crippen molar-refractivity contribution in [1.29, 1.82) is 0 Å². The number of nitrogens with zero attached hydrogens (tertiary/aromatic N) is 3. The molecule has 0 aliphatic carbocycles. The molecule has 1 N–H and O–H groups in total. The molecule has 1 unspecified atom stereocenters. The van der Waals surface area contributed by atoms with Crippen LogP contribution in [0.1, 0.15) is 30.6 Å². The third-order valence-electron chi connectivity index (χ3n) is 3.19. The Kier molecular flexibility index (Phi) is 4.79. The van der Waals surface area contributed by atoms with Crippen LogP contribution in [0.15, 0.2) is 24.4 Å². The maximum atomic E-state index is 13.8. The number of halogens is 2. The highest BCUT2D eigenvalue weighted by molar-refractivity contribution is 5.21. The Hall–Kier alpha value is -1.82. The van der Waals surface area contributed by atoms with Crippen molar-refractivity contribution in [2.24, 2.45) is 7.05 Å². The molecule has 4 nitrogen and oxygen atoms in total. The number of hydrogen-bond acceptors (Lipinski definition) is 3. The minimum Gasteiger partial charge on any atom is -0.308 e. The van der Waals surface area contributed by atoms with Gasteiger partial charge in [-0.25, -0.2) is 8.78 Å². The molecule has 1 aromatic heterocycles. The lowest BCUT2D eigenvalue weighted by atomic mass is 10.0. The van der Waals surface area contributed by atoms with Gasteiger partial charge < -0.3 is 5.32 Å². The summed E-state index contributed by atoms with van der Waals surface area (Å²) in [7, 11) is 1.80. The lowest BCUT2D eigenvalue weighted by Crippen LogP contribution is -2.26. The summed E-state index contributed by atoms with van der Waals surface area (Å²) in [6.07, 6.45) is 3.05. The number of nitrogens with one attached hydrogen (secondary N) is 1. The second-order valence-electron chi connectivity index (χ2n) is 4.73. The normalized spacial score (nSPS) is 12.6. The molecule has 1 heterocycles. The van der Waals surface area contributed by atoms with Crippen LogP contribution >= 0.6 is 0 Å². The van der Waals surface area contributed by atoms with Gasteiger partial charge in [-0.05, 0) is 31.0 Å². The van der Waals surface area contributed by atoms with E-state index in [4.69, 9.17) is 0 Å². The summed E-state index contributed by atoms with van der Waals surface area (Å²) < 4.78 is 28.4. The lowest BCUT2D eigenvalue weighted by Gasteiger charge is -2.18. The van der Waals surface area contributed by atoms with Gasteiger partial charge in [0.1, 0.15) is 11.6 Å². The average Bonchev–Trinajstić information content (AvgIpc) is 2.83. The molecule has 0 amide bonds. The van der Waals surface area contributed by atoms with E-state index in [2.05, 4.69) is 22.6 Å². The van der Waals surface area contributed by atoms with Gasteiger partial charge >= 0.3 is 0 Å². The van der Waals surface area contributed by atoms with Crippen molar-refractivity contribution in [1.82, 2.24) is 20.3 Å². The fourth-order valence-electron chi connectivity index (χ4n) is 2.12. The van der Waals surface area contributed by atoms with Crippen molar-refractivity contribution in [3.8, 4) is 0 Å². The molecule has 20 heavy (non-hydrogen) atoms. The van der Waals surface area contributed by atoms with Crippen molar-refractivity contribution in [2.75, 3.05) is 6.54 Å². The van der Waals surface area contributed by atoms with Gasteiger partial charge in [0.2, 0.25) is 0 Å². The number of rotatable bonds is 6. The molecule has 2 rings (SSSR count). The number of aryl methyl sites for hydroxylation is 1. The fraction of sp³-hybridized carbons (Fsp3) is 0.429. The monoisotopic (exact) mass is 280 g/mol. The Labute approximate surface area is 116 Å². The summed E-state index contributed by atoms with van der Waals surface area (Å²) in [5, 5.41) is 11.1. The van der Waals surface area contributed by atoms with Crippen molar-refractivity contribution >= 4 is 0 Å². The first-order valence-electron chi connectivity index (χ1n) is 6.63. The predicted molar refractivity (Wildman–Crippen MR) is 72.1 cm³/mol. The summed E-state index contributed by atoms with van der Waals surface area (Å²) in [5.41, 5.74) is 1.35. The van der Waals surface area contributed by atoms with E-state index >= 15 is 0 Å². The summed E-state index contributed by atoms with van der Waals surface area (Å²) >= 11 is 0. The zero-order chi connectivity index (χ0) is 14.5. The van der Waals surface area contributed by atoms with Gasteiger partial charge in [-0.2, -0.15) is 0 Å². The second-order valence-corrected chi connectivity index (χ2v) is 4.73. The zero-order valence-corrected chi connectivity index (χ0v) is 11.6. The molecule has 0 aliphatic heterocycles. The van der Waals surface area contributed by atoms with Crippen LogP contribution in [0.3, 0.4) is 0 Å². The van der Waals surface area contributed by atoms with E-state index in [0.717, 1.165) is 24.7 Å². The molecule has 0 aliphatic rings. The summed E-state index contributed by atoms with van der Waals surface area (Å²) in [4.78, 5) is 0. The van der Waals surface area contributed by atoms with Gasteiger partial charge in [-0.15, -0.1) is 5.10 Å². The third kappa shape index (κ3) is 3.39. The van der Waals surface area contributed by atoms with Crippen LogP contribution in [0.25, 0.3) is 0 Å². The first-order chi connectivity index (χ1) is 9.61. The van der Waals surface area contributed by atoms with Gasteiger partial charge in [0.15, 0.2) is 0 Å². The quantitative estimate of drug-likeness (QED) is 0.883. The van der Waals surface area contributed by atoms with Crippen molar-refractivity contribution < 1.29 is 8.78 Å². The Balaban J connectivity index is 2.21. The molecule has 108 valence electrons. The van der Waals surface area contributed by atoms with Crippen LogP contribution in [0.5, 0.6) is 0 Å². The topological polar surface area (TPSA) is 42.7 Å². The van der Waals surface area contributed by atoms with E-state index < -0.39 is 11.6 Å². The SMILES string of the molecule is CCCNC(Cc1ccc(F)cc1F)c1cnnn1C. The minimum absolute atomic E-state index is 0.102. The Morgan fingerprint density at radius 2 is 2.15 bits per heavy atom. The van der Waals surface area contributed by atoms with Gasteiger partial charge in [0, 0.05) is 13.1 Å². The van der Waals surface area contributed by atoms with Crippen LogP contribution in [-0.2, 0) is 13.5 Å². The van der Waals surface area contributed by atoms with Crippen molar-refractivity contribution in [3.63, 3.8) is 0 Å². The lowest BCUT2D eigenvalue weighted by molar-refractivity contribution is 0.479. The van der Waals surface area contributed by atoms with Gasteiger partial charge in [0.05, 0.1) is 17.9 Å². The van der Waals surface area contributed by atoms with Crippen LogP contribution in [-0.4, -0.2) is 21.5 Å². The highest BCUT2D eigenvalue weighted by atomic mass is 19.1. The maximum Gasteiger partial charge on any atom is 0.129 e. The van der Waals surface area contributed by atoms with E-state index in [-0.39, 0.29) is 6.04 Å². The van der Waals surface area contributed by atoms with Crippen LogP contribution in [0.4, 0.5) is 8.78 Å². The van der Waals surface area contributed by atoms with E-state index in [9.17, 15) is 8.78 Å². The first-order valence-corrected chi connectivity index (χ1v) is 6.63. The van der Waals surface area contributed by atoms with Crippen LogP contribution in [0.2, 0.25) is 0 Å². The molecule has 0 radical (unpaired) electrons. The Morgan fingerprint density at radius 3 is 2.75 bits per heavy atom. The number of benzene rings is 1. The molecule has 6 heteroatoms. The molecule has 0 saturated heterocycles.